The Labute approximate surface area is 265 Å². The fraction of sp³-hybridized carbons (Fsp3) is 0.441. The molecule has 9 nitrogen and oxygen atoms in total. The highest BCUT2D eigenvalue weighted by atomic mass is 28.4. The van der Waals surface area contributed by atoms with E-state index in [2.05, 4.69) is 44.5 Å². The predicted octanol–water partition coefficient (Wildman–Crippen LogP) is 7.81. The molecule has 1 aliphatic rings. The summed E-state index contributed by atoms with van der Waals surface area (Å²) in [5.74, 6) is 1.02. The first kappa shape index (κ1) is 32.4. The van der Waals surface area contributed by atoms with Crippen LogP contribution in [0.3, 0.4) is 0 Å². The van der Waals surface area contributed by atoms with Crippen molar-refractivity contribution in [1.82, 2.24) is 20.1 Å². The van der Waals surface area contributed by atoms with E-state index in [1.54, 1.807) is 19.4 Å². The minimum absolute atomic E-state index is 0.110. The highest BCUT2D eigenvalue weighted by molar-refractivity contribution is 6.74. The molecule has 0 spiro atoms. The molecule has 11 heteroatoms. The third-order valence-electron chi connectivity index (χ3n) is 9.20. The van der Waals surface area contributed by atoms with Crippen LogP contribution in [-0.2, 0) is 17.5 Å². The number of ether oxygens (including phenoxy) is 1. The molecule has 0 atom stereocenters. The number of aromatic nitrogens is 3. The van der Waals surface area contributed by atoms with Crippen molar-refractivity contribution in [2.24, 2.45) is 0 Å². The van der Waals surface area contributed by atoms with Gasteiger partial charge in [0.2, 0.25) is 0 Å². The maximum Gasteiger partial charge on any atom is 0.404 e. The van der Waals surface area contributed by atoms with Crippen molar-refractivity contribution in [2.45, 2.75) is 89.8 Å². The number of carbonyl (C=O) groups is 1. The van der Waals surface area contributed by atoms with Crippen molar-refractivity contribution in [3.05, 3.63) is 71.7 Å². The third-order valence-corrected chi connectivity index (χ3v) is 13.7. The van der Waals surface area contributed by atoms with Crippen molar-refractivity contribution in [3.63, 3.8) is 0 Å². The molecule has 3 N–H and O–H groups in total. The van der Waals surface area contributed by atoms with Gasteiger partial charge in [0.1, 0.15) is 11.6 Å². The average molecular weight is 634 g/mol. The zero-order valence-corrected chi connectivity index (χ0v) is 28.0. The summed E-state index contributed by atoms with van der Waals surface area (Å²) < 4.78 is 29.1. The Morgan fingerprint density at radius 2 is 1.80 bits per heavy atom. The zero-order chi connectivity index (χ0) is 32.4. The number of nitrogens with zero attached hydrogens (tertiary/aromatic N) is 3. The van der Waals surface area contributed by atoms with E-state index in [0.29, 0.717) is 23.6 Å². The van der Waals surface area contributed by atoms with Crippen LogP contribution in [0.2, 0.25) is 18.1 Å². The number of methoxy groups -OCH3 is 1. The van der Waals surface area contributed by atoms with Crippen LogP contribution >= 0.6 is 0 Å². The molecule has 4 aromatic rings. The lowest BCUT2D eigenvalue weighted by Crippen LogP contribution is -2.45. The third kappa shape index (κ3) is 7.47. The summed E-state index contributed by atoms with van der Waals surface area (Å²) in [5, 5.41) is 20.9. The molecule has 1 fully saturated rings. The van der Waals surface area contributed by atoms with E-state index in [1.165, 1.54) is 6.07 Å². The maximum absolute atomic E-state index is 15.1. The van der Waals surface area contributed by atoms with Crippen molar-refractivity contribution in [2.75, 3.05) is 12.4 Å². The average Bonchev–Trinajstić information content (AvgIpc) is 3.33. The molecule has 0 radical (unpaired) electrons. The van der Waals surface area contributed by atoms with Gasteiger partial charge in [-0.15, -0.1) is 0 Å². The smallest absolute Gasteiger partial charge is 0.404 e. The van der Waals surface area contributed by atoms with Crippen molar-refractivity contribution in [1.29, 1.82) is 0 Å². The number of fused-ring (bicyclic) bond motifs is 1. The first-order valence-corrected chi connectivity index (χ1v) is 18.4. The summed E-state index contributed by atoms with van der Waals surface area (Å²) in [6.45, 7) is 11.8. The SMILES string of the molecule is COc1ccc(Cn2nc(NC3CCC(O[Si](C)(C)C(C)(C)C)CC3)c3c(-c4ccc(CNC(=O)O)c(F)c4)ccnc32)cc1. The van der Waals surface area contributed by atoms with Crippen LogP contribution in [0.5, 0.6) is 5.75 Å². The zero-order valence-electron chi connectivity index (χ0n) is 27.0. The number of benzene rings is 2. The van der Waals surface area contributed by atoms with Crippen LogP contribution in [0.1, 0.15) is 57.6 Å². The molecule has 2 aromatic carbocycles. The van der Waals surface area contributed by atoms with E-state index >= 15 is 4.39 Å². The number of rotatable bonds is 10. The van der Waals surface area contributed by atoms with Crippen molar-refractivity contribution in [3.8, 4) is 16.9 Å². The molecule has 2 heterocycles. The van der Waals surface area contributed by atoms with Gasteiger partial charge in [-0.3, -0.25) is 0 Å². The number of nitrogens with one attached hydrogen (secondary N) is 2. The van der Waals surface area contributed by atoms with Crippen molar-refractivity contribution < 1.29 is 23.5 Å². The topological polar surface area (TPSA) is 111 Å². The summed E-state index contributed by atoms with van der Waals surface area (Å²) >= 11 is 0. The van der Waals surface area contributed by atoms with Gasteiger partial charge in [-0.05, 0) is 84.8 Å². The van der Waals surface area contributed by atoms with E-state index in [9.17, 15) is 4.79 Å². The second-order valence-electron chi connectivity index (χ2n) is 13.4. The summed E-state index contributed by atoms with van der Waals surface area (Å²) in [4.78, 5) is 15.7. The first-order chi connectivity index (χ1) is 21.3. The number of hydrogen-bond donors (Lipinski definition) is 3. The Morgan fingerprint density at radius 3 is 2.42 bits per heavy atom. The van der Waals surface area contributed by atoms with Gasteiger partial charge < -0.3 is 24.9 Å². The second-order valence-corrected chi connectivity index (χ2v) is 18.1. The van der Waals surface area contributed by atoms with Gasteiger partial charge in [0.15, 0.2) is 19.8 Å². The van der Waals surface area contributed by atoms with Gasteiger partial charge in [-0.25, -0.2) is 18.9 Å². The number of carboxylic acid groups (broad SMARTS) is 1. The lowest BCUT2D eigenvalue weighted by molar-refractivity contribution is 0.133. The minimum atomic E-state index is -1.85. The molecule has 0 bridgehead atoms. The monoisotopic (exact) mass is 633 g/mol. The molecule has 1 saturated carbocycles. The quantitative estimate of drug-likeness (QED) is 0.153. The summed E-state index contributed by atoms with van der Waals surface area (Å²) in [5.41, 5.74) is 3.48. The highest BCUT2D eigenvalue weighted by Crippen LogP contribution is 2.40. The molecular weight excluding hydrogens is 589 g/mol. The molecule has 1 aliphatic carbocycles. The Hall–Kier alpha value is -3.96. The van der Waals surface area contributed by atoms with E-state index < -0.39 is 20.2 Å². The number of hydrogen-bond acceptors (Lipinski definition) is 6. The molecule has 2 aromatic heterocycles. The summed E-state index contributed by atoms with van der Waals surface area (Å²) in [6, 6.07) is 14.8. The Morgan fingerprint density at radius 1 is 1.09 bits per heavy atom. The van der Waals surface area contributed by atoms with Crippen molar-refractivity contribution >= 4 is 31.3 Å². The molecule has 240 valence electrons. The van der Waals surface area contributed by atoms with E-state index in [1.807, 2.05) is 41.1 Å². The van der Waals surface area contributed by atoms with E-state index in [4.69, 9.17) is 24.4 Å². The van der Waals surface area contributed by atoms with Gasteiger partial charge in [0, 0.05) is 30.5 Å². The van der Waals surface area contributed by atoms with Gasteiger partial charge in [0.25, 0.3) is 0 Å². The standard InChI is InChI=1S/C34H44FN5O4Si/c1-34(2,3)45(5,6)44-27-15-11-25(12-16-27)38-31-30-28(23-9-10-24(29(35)19-23)20-37-33(41)42)17-18-36-32(30)40(39-31)21-22-7-13-26(43-4)14-8-22/h7-10,13-14,17-19,25,27,37H,11-12,15-16,20-21H2,1-6H3,(H,38,39)(H,41,42). The number of amides is 1. The van der Waals surface area contributed by atoms with E-state index in [-0.39, 0.29) is 29.3 Å². The Bertz CT molecular complexity index is 1640. The van der Waals surface area contributed by atoms with Crippen LogP contribution in [-0.4, -0.2) is 53.5 Å². The van der Waals surface area contributed by atoms with Gasteiger partial charge >= 0.3 is 6.09 Å². The largest absolute Gasteiger partial charge is 0.497 e. The number of pyridine rings is 1. The lowest BCUT2D eigenvalue weighted by atomic mass is 9.93. The Kier molecular flexibility index (Phi) is 9.50. The molecule has 1 amide bonds. The van der Waals surface area contributed by atoms with Crippen LogP contribution in [0.15, 0.2) is 54.7 Å². The number of halogens is 1. The normalized spacial score (nSPS) is 17.3. The lowest BCUT2D eigenvalue weighted by Gasteiger charge is -2.41. The van der Waals surface area contributed by atoms with Crippen LogP contribution in [0.4, 0.5) is 15.0 Å². The van der Waals surface area contributed by atoms with Crippen LogP contribution < -0.4 is 15.4 Å². The molecule has 0 aliphatic heterocycles. The summed E-state index contributed by atoms with van der Waals surface area (Å²) in [6.07, 6.45) is 4.67. The van der Waals surface area contributed by atoms with Crippen LogP contribution in [0.25, 0.3) is 22.2 Å². The molecule has 0 unspecified atom stereocenters. The Balaban J connectivity index is 1.45. The fourth-order valence-electron chi connectivity index (χ4n) is 5.59. The summed E-state index contributed by atoms with van der Waals surface area (Å²) in [7, 11) is -0.202. The van der Waals surface area contributed by atoms with E-state index in [0.717, 1.165) is 47.9 Å². The maximum atomic E-state index is 15.1. The fourth-order valence-corrected chi connectivity index (χ4v) is 7.02. The molecule has 45 heavy (non-hydrogen) atoms. The minimum Gasteiger partial charge on any atom is -0.497 e. The first-order valence-electron chi connectivity index (χ1n) is 15.5. The molecular formula is C34H44FN5O4Si. The molecule has 5 rings (SSSR count). The van der Waals surface area contributed by atoms with Gasteiger partial charge in [-0.1, -0.05) is 45.0 Å². The number of anilines is 1. The van der Waals surface area contributed by atoms with Gasteiger partial charge in [0.05, 0.1) is 19.0 Å². The van der Waals surface area contributed by atoms with Crippen LogP contribution in [0, 0.1) is 5.82 Å². The second kappa shape index (κ2) is 13.2. The predicted molar refractivity (Wildman–Crippen MR) is 178 cm³/mol. The highest BCUT2D eigenvalue weighted by Gasteiger charge is 2.40. The molecule has 0 saturated heterocycles. The van der Waals surface area contributed by atoms with Gasteiger partial charge in [-0.2, -0.15) is 5.10 Å².